The van der Waals surface area contributed by atoms with Crippen LogP contribution in [0, 0.1) is 6.92 Å². The fraction of sp³-hybridized carbons (Fsp3) is 0.286. The highest BCUT2D eigenvalue weighted by molar-refractivity contribution is 5.83. The maximum Gasteiger partial charge on any atom is 0.191 e. The molecule has 0 saturated carbocycles. The molecule has 0 atom stereocenters. The van der Waals surface area contributed by atoms with Crippen LogP contribution in [0.2, 0.25) is 0 Å². The van der Waals surface area contributed by atoms with E-state index in [1.807, 2.05) is 36.4 Å². The monoisotopic (exact) mass is 367 g/mol. The summed E-state index contributed by atoms with van der Waals surface area (Å²) in [7, 11) is 5.00. The van der Waals surface area contributed by atoms with E-state index in [0.29, 0.717) is 30.5 Å². The Morgan fingerprint density at radius 2 is 1.74 bits per heavy atom. The van der Waals surface area contributed by atoms with Gasteiger partial charge in [-0.15, -0.1) is 0 Å². The van der Waals surface area contributed by atoms with Gasteiger partial charge in [0.05, 0.1) is 20.8 Å². The molecule has 1 heterocycles. The third kappa shape index (κ3) is 4.16. The van der Waals surface area contributed by atoms with Gasteiger partial charge in [-0.1, -0.05) is 24.3 Å². The number of ether oxygens (including phenoxy) is 2. The lowest BCUT2D eigenvalue weighted by Crippen LogP contribution is -2.36. The van der Waals surface area contributed by atoms with Gasteiger partial charge >= 0.3 is 0 Å². The number of methoxy groups -OCH3 is 2. The number of guanidine groups is 1. The molecule has 0 bridgehead atoms. The summed E-state index contributed by atoms with van der Waals surface area (Å²) in [5, 5.41) is 7.74. The van der Waals surface area contributed by atoms with Crippen LogP contribution in [0.1, 0.15) is 16.9 Å². The number of benzene rings is 2. The lowest BCUT2D eigenvalue weighted by molar-refractivity contribution is 0.354. The summed E-state index contributed by atoms with van der Waals surface area (Å²) in [6, 6.07) is 13.9. The minimum Gasteiger partial charge on any atom is -0.493 e. The van der Waals surface area contributed by atoms with Gasteiger partial charge in [0.25, 0.3) is 0 Å². The first-order chi connectivity index (χ1) is 13.2. The van der Waals surface area contributed by atoms with E-state index in [0.717, 1.165) is 27.9 Å². The number of aryl methyl sites for hydroxylation is 1. The summed E-state index contributed by atoms with van der Waals surface area (Å²) < 4.78 is 16.6. The molecule has 27 heavy (non-hydrogen) atoms. The number of fused-ring (bicyclic) bond motifs is 1. The molecule has 6 nitrogen and oxygen atoms in total. The Morgan fingerprint density at radius 1 is 1.00 bits per heavy atom. The van der Waals surface area contributed by atoms with Crippen molar-refractivity contribution in [1.82, 2.24) is 10.6 Å². The van der Waals surface area contributed by atoms with Crippen LogP contribution in [-0.2, 0) is 13.1 Å². The first-order valence-corrected chi connectivity index (χ1v) is 8.78. The van der Waals surface area contributed by atoms with Gasteiger partial charge in [0.2, 0.25) is 0 Å². The zero-order valence-electron chi connectivity index (χ0n) is 16.1. The predicted octanol–water partition coefficient (Wildman–Crippen LogP) is 3.62. The van der Waals surface area contributed by atoms with E-state index in [4.69, 9.17) is 13.9 Å². The molecular formula is C21H25N3O3. The molecule has 0 fully saturated rings. The Bertz CT molecular complexity index is 947. The van der Waals surface area contributed by atoms with Gasteiger partial charge in [-0.25, -0.2) is 0 Å². The summed E-state index contributed by atoms with van der Waals surface area (Å²) >= 11 is 0. The van der Waals surface area contributed by atoms with Crippen LogP contribution in [0.3, 0.4) is 0 Å². The molecule has 3 rings (SSSR count). The van der Waals surface area contributed by atoms with Crippen LogP contribution in [0.15, 0.2) is 51.9 Å². The van der Waals surface area contributed by atoms with E-state index in [9.17, 15) is 0 Å². The van der Waals surface area contributed by atoms with Gasteiger partial charge in [-0.2, -0.15) is 0 Å². The van der Waals surface area contributed by atoms with Crippen molar-refractivity contribution in [3.8, 4) is 11.5 Å². The van der Waals surface area contributed by atoms with Crippen molar-refractivity contribution in [3.63, 3.8) is 0 Å². The van der Waals surface area contributed by atoms with Crippen LogP contribution >= 0.6 is 0 Å². The third-order valence-electron chi connectivity index (χ3n) is 4.49. The second-order valence-corrected chi connectivity index (χ2v) is 6.12. The van der Waals surface area contributed by atoms with E-state index in [1.165, 1.54) is 0 Å². The quantitative estimate of drug-likeness (QED) is 0.514. The SMILES string of the molecule is CN=C(NCc1ccc(OC)c(OC)c1)NCc1oc2ccccc2c1C. The molecule has 0 aliphatic carbocycles. The molecule has 142 valence electrons. The maximum absolute atomic E-state index is 5.94. The second-order valence-electron chi connectivity index (χ2n) is 6.12. The highest BCUT2D eigenvalue weighted by atomic mass is 16.5. The Morgan fingerprint density at radius 3 is 2.44 bits per heavy atom. The van der Waals surface area contributed by atoms with E-state index in [1.54, 1.807) is 21.3 Å². The first-order valence-electron chi connectivity index (χ1n) is 8.78. The summed E-state index contributed by atoms with van der Waals surface area (Å²) in [5.74, 6) is 3.02. The predicted molar refractivity (Wildman–Crippen MR) is 108 cm³/mol. The molecule has 2 aromatic carbocycles. The van der Waals surface area contributed by atoms with Crippen LogP contribution in [0.25, 0.3) is 11.0 Å². The highest BCUT2D eigenvalue weighted by Gasteiger charge is 2.10. The van der Waals surface area contributed by atoms with Crippen LogP contribution in [0.5, 0.6) is 11.5 Å². The van der Waals surface area contributed by atoms with E-state index in [2.05, 4.69) is 28.6 Å². The van der Waals surface area contributed by atoms with Crippen molar-refractivity contribution < 1.29 is 13.9 Å². The molecule has 2 N–H and O–H groups in total. The number of aliphatic imine (C=N–C) groups is 1. The van der Waals surface area contributed by atoms with E-state index in [-0.39, 0.29) is 0 Å². The molecule has 3 aromatic rings. The Hall–Kier alpha value is -3.15. The Kier molecular flexibility index (Phi) is 5.86. The number of rotatable bonds is 6. The van der Waals surface area contributed by atoms with Crippen LogP contribution in [0.4, 0.5) is 0 Å². The molecule has 0 aliphatic rings. The number of hydrogen-bond donors (Lipinski definition) is 2. The standard InChI is InChI=1S/C21H25N3O3/c1-14-16-7-5-6-8-17(16)27-20(14)13-24-21(22-2)23-12-15-9-10-18(25-3)19(11-15)26-4/h5-11H,12-13H2,1-4H3,(H2,22,23,24). The smallest absolute Gasteiger partial charge is 0.191 e. The average molecular weight is 367 g/mol. The number of furan rings is 1. The molecule has 0 radical (unpaired) electrons. The Labute approximate surface area is 159 Å². The Balaban J connectivity index is 1.62. The number of nitrogens with zero attached hydrogens (tertiary/aromatic N) is 1. The van der Waals surface area contributed by atoms with Crippen LogP contribution < -0.4 is 20.1 Å². The molecule has 6 heteroatoms. The third-order valence-corrected chi connectivity index (χ3v) is 4.49. The van der Waals surface area contributed by atoms with Crippen molar-refractivity contribution in [2.45, 2.75) is 20.0 Å². The van der Waals surface area contributed by atoms with Gasteiger partial charge in [-0.3, -0.25) is 4.99 Å². The van der Waals surface area contributed by atoms with Crippen LogP contribution in [-0.4, -0.2) is 27.2 Å². The summed E-state index contributed by atoms with van der Waals surface area (Å²) in [6.45, 7) is 3.24. The van der Waals surface area contributed by atoms with E-state index >= 15 is 0 Å². The second kappa shape index (κ2) is 8.49. The molecule has 0 amide bonds. The van der Waals surface area contributed by atoms with Crippen molar-refractivity contribution in [1.29, 1.82) is 0 Å². The molecule has 0 spiro atoms. The van der Waals surface area contributed by atoms with Crippen molar-refractivity contribution in [3.05, 3.63) is 59.4 Å². The lowest BCUT2D eigenvalue weighted by Gasteiger charge is -2.13. The number of hydrogen-bond acceptors (Lipinski definition) is 4. The van der Waals surface area contributed by atoms with Crippen molar-refractivity contribution in [2.75, 3.05) is 21.3 Å². The van der Waals surface area contributed by atoms with Gasteiger partial charge in [0.1, 0.15) is 11.3 Å². The fourth-order valence-corrected chi connectivity index (χ4v) is 2.95. The molecular weight excluding hydrogens is 342 g/mol. The van der Waals surface area contributed by atoms with Crippen molar-refractivity contribution in [2.24, 2.45) is 4.99 Å². The topological polar surface area (TPSA) is 68.0 Å². The largest absolute Gasteiger partial charge is 0.493 e. The zero-order chi connectivity index (χ0) is 19.2. The normalized spacial score (nSPS) is 11.5. The molecule has 1 aromatic heterocycles. The lowest BCUT2D eigenvalue weighted by atomic mass is 10.1. The molecule has 0 saturated heterocycles. The minimum atomic E-state index is 0.562. The zero-order valence-corrected chi connectivity index (χ0v) is 16.1. The summed E-state index contributed by atoms with van der Waals surface area (Å²) in [6.07, 6.45) is 0. The average Bonchev–Trinajstić information content (AvgIpc) is 3.03. The minimum absolute atomic E-state index is 0.562. The number of nitrogens with one attached hydrogen (secondary N) is 2. The molecule has 0 unspecified atom stereocenters. The highest BCUT2D eigenvalue weighted by Crippen LogP contribution is 2.27. The molecule has 0 aliphatic heterocycles. The van der Waals surface area contributed by atoms with Gasteiger partial charge < -0.3 is 24.5 Å². The summed E-state index contributed by atoms with van der Waals surface area (Å²) in [4.78, 5) is 4.27. The van der Waals surface area contributed by atoms with Gasteiger partial charge in [-0.05, 0) is 30.7 Å². The van der Waals surface area contributed by atoms with Crippen molar-refractivity contribution >= 4 is 16.9 Å². The van der Waals surface area contributed by atoms with Gasteiger partial charge in [0.15, 0.2) is 17.5 Å². The van der Waals surface area contributed by atoms with E-state index < -0.39 is 0 Å². The first kappa shape index (κ1) is 18.6. The number of para-hydroxylation sites is 1. The maximum atomic E-state index is 5.94. The fourth-order valence-electron chi connectivity index (χ4n) is 2.95. The summed E-state index contributed by atoms with van der Waals surface area (Å²) in [5.41, 5.74) is 3.11. The van der Waals surface area contributed by atoms with Gasteiger partial charge in [0, 0.05) is 24.5 Å².